The summed E-state index contributed by atoms with van der Waals surface area (Å²) in [4.78, 5) is 12.3. The van der Waals surface area contributed by atoms with Crippen molar-refractivity contribution in [2.75, 3.05) is 12.3 Å². The Labute approximate surface area is 120 Å². The maximum absolute atomic E-state index is 12.3. The standard InChI is InChI=1S/C16H24N2O2/c1-11(2)9-14(19)10-18-15(20)16(7-8-16)12-3-5-13(17)6-4-12/h3-6,11,14,19H,7-10,17H2,1-2H3,(H,18,20). The first-order chi connectivity index (χ1) is 9.44. The molecule has 0 heterocycles. The molecule has 1 aromatic rings. The first-order valence-electron chi connectivity index (χ1n) is 7.26. The summed E-state index contributed by atoms with van der Waals surface area (Å²) in [5.74, 6) is 0.443. The summed E-state index contributed by atoms with van der Waals surface area (Å²) >= 11 is 0. The second-order valence-corrected chi connectivity index (χ2v) is 6.20. The van der Waals surface area contributed by atoms with Crippen LogP contribution in [0.5, 0.6) is 0 Å². The highest BCUT2D eigenvalue weighted by Gasteiger charge is 2.51. The Kier molecular flexibility index (Phi) is 4.33. The highest BCUT2D eigenvalue weighted by atomic mass is 16.3. The molecular formula is C16H24N2O2. The lowest BCUT2D eigenvalue weighted by Crippen LogP contribution is -2.39. The first kappa shape index (κ1) is 14.9. The third kappa shape index (κ3) is 3.31. The van der Waals surface area contributed by atoms with Gasteiger partial charge in [0, 0.05) is 12.2 Å². The minimum atomic E-state index is -0.471. The van der Waals surface area contributed by atoms with Crippen LogP contribution >= 0.6 is 0 Å². The number of nitrogens with two attached hydrogens (primary N) is 1. The number of rotatable bonds is 6. The van der Waals surface area contributed by atoms with E-state index in [0.717, 1.165) is 18.4 Å². The number of carbonyl (C=O) groups is 1. The Morgan fingerprint density at radius 3 is 2.45 bits per heavy atom. The molecule has 1 saturated carbocycles. The van der Waals surface area contributed by atoms with Crippen molar-refractivity contribution < 1.29 is 9.90 Å². The van der Waals surface area contributed by atoms with Crippen molar-refractivity contribution in [2.45, 2.75) is 44.6 Å². The van der Waals surface area contributed by atoms with Crippen LogP contribution in [0, 0.1) is 5.92 Å². The molecule has 1 unspecified atom stereocenters. The van der Waals surface area contributed by atoms with Gasteiger partial charge in [0.2, 0.25) is 5.91 Å². The van der Waals surface area contributed by atoms with Crippen LogP contribution in [0.25, 0.3) is 0 Å². The molecule has 1 aliphatic rings. The van der Waals surface area contributed by atoms with Gasteiger partial charge in [0.15, 0.2) is 0 Å². The largest absolute Gasteiger partial charge is 0.399 e. The van der Waals surface area contributed by atoms with Crippen LogP contribution in [-0.2, 0) is 10.2 Å². The minimum Gasteiger partial charge on any atom is -0.399 e. The second kappa shape index (κ2) is 5.83. The highest BCUT2D eigenvalue weighted by molar-refractivity contribution is 5.91. The van der Waals surface area contributed by atoms with Crippen molar-refractivity contribution in [1.82, 2.24) is 5.32 Å². The van der Waals surface area contributed by atoms with Crippen LogP contribution in [0.4, 0.5) is 5.69 Å². The molecule has 1 aromatic carbocycles. The molecule has 1 fully saturated rings. The Hall–Kier alpha value is -1.55. The van der Waals surface area contributed by atoms with Gasteiger partial charge in [0.05, 0.1) is 11.5 Å². The van der Waals surface area contributed by atoms with E-state index in [1.54, 1.807) is 0 Å². The molecule has 2 rings (SSSR count). The van der Waals surface area contributed by atoms with Crippen LogP contribution in [0.15, 0.2) is 24.3 Å². The number of aliphatic hydroxyl groups excluding tert-OH is 1. The van der Waals surface area contributed by atoms with E-state index < -0.39 is 11.5 Å². The summed E-state index contributed by atoms with van der Waals surface area (Å²) in [5.41, 5.74) is 7.00. The molecule has 0 radical (unpaired) electrons. The van der Waals surface area contributed by atoms with Crippen molar-refractivity contribution in [3.8, 4) is 0 Å². The Bertz CT molecular complexity index is 464. The number of benzene rings is 1. The van der Waals surface area contributed by atoms with Gasteiger partial charge in [0.1, 0.15) is 0 Å². The van der Waals surface area contributed by atoms with Crippen LogP contribution in [0.2, 0.25) is 0 Å². The molecule has 1 amide bonds. The fourth-order valence-electron chi connectivity index (χ4n) is 2.58. The van der Waals surface area contributed by atoms with E-state index in [1.165, 1.54) is 0 Å². The zero-order valence-electron chi connectivity index (χ0n) is 12.2. The number of hydrogen-bond donors (Lipinski definition) is 3. The number of anilines is 1. The lowest BCUT2D eigenvalue weighted by molar-refractivity contribution is -0.124. The van der Waals surface area contributed by atoms with Crippen LogP contribution in [-0.4, -0.2) is 23.7 Å². The van der Waals surface area contributed by atoms with Gasteiger partial charge in [-0.1, -0.05) is 26.0 Å². The molecule has 0 bridgehead atoms. The van der Waals surface area contributed by atoms with E-state index in [-0.39, 0.29) is 5.91 Å². The normalized spacial score (nSPS) is 17.8. The average molecular weight is 276 g/mol. The number of nitrogens with one attached hydrogen (secondary N) is 1. The molecular weight excluding hydrogens is 252 g/mol. The lowest BCUT2D eigenvalue weighted by Gasteiger charge is -2.19. The molecule has 0 aliphatic heterocycles. The third-order valence-electron chi connectivity index (χ3n) is 3.89. The van der Waals surface area contributed by atoms with Gasteiger partial charge in [-0.2, -0.15) is 0 Å². The predicted octanol–water partition coefficient (Wildman–Crippen LogP) is 1.82. The monoisotopic (exact) mass is 276 g/mol. The number of hydrogen-bond acceptors (Lipinski definition) is 3. The van der Waals surface area contributed by atoms with Crippen molar-refractivity contribution in [1.29, 1.82) is 0 Å². The van der Waals surface area contributed by atoms with E-state index in [1.807, 2.05) is 24.3 Å². The molecule has 20 heavy (non-hydrogen) atoms. The lowest BCUT2D eigenvalue weighted by atomic mass is 9.94. The fraction of sp³-hybridized carbons (Fsp3) is 0.562. The first-order valence-corrected chi connectivity index (χ1v) is 7.26. The Balaban J connectivity index is 1.93. The summed E-state index contributed by atoms with van der Waals surface area (Å²) in [5, 5.41) is 12.7. The highest BCUT2D eigenvalue weighted by Crippen LogP contribution is 2.48. The Morgan fingerprint density at radius 1 is 1.35 bits per heavy atom. The van der Waals surface area contributed by atoms with Gasteiger partial charge in [0.25, 0.3) is 0 Å². The van der Waals surface area contributed by atoms with Gasteiger partial charge in [-0.05, 0) is 42.9 Å². The van der Waals surface area contributed by atoms with Gasteiger partial charge < -0.3 is 16.2 Å². The fourth-order valence-corrected chi connectivity index (χ4v) is 2.58. The van der Waals surface area contributed by atoms with E-state index in [4.69, 9.17) is 5.73 Å². The number of aliphatic hydroxyl groups is 1. The zero-order chi connectivity index (χ0) is 14.8. The average Bonchev–Trinajstić information content (AvgIpc) is 3.17. The van der Waals surface area contributed by atoms with E-state index >= 15 is 0 Å². The molecule has 110 valence electrons. The second-order valence-electron chi connectivity index (χ2n) is 6.20. The van der Waals surface area contributed by atoms with Crippen molar-refractivity contribution >= 4 is 11.6 Å². The number of carbonyl (C=O) groups excluding carboxylic acids is 1. The summed E-state index contributed by atoms with van der Waals surface area (Å²) in [7, 11) is 0. The smallest absolute Gasteiger partial charge is 0.230 e. The molecule has 0 spiro atoms. The molecule has 0 saturated heterocycles. The third-order valence-corrected chi connectivity index (χ3v) is 3.89. The number of nitrogen functional groups attached to an aromatic ring is 1. The van der Waals surface area contributed by atoms with Crippen molar-refractivity contribution in [3.63, 3.8) is 0 Å². The van der Waals surface area contributed by atoms with Crippen molar-refractivity contribution in [3.05, 3.63) is 29.8 Å². The maximum Gasteiger partial charge on any atom is 0.230 e. The maximum atomic E-state index is 12.3. The predicted molar refractivity (Wildman–Crippen MR) is 80.2 cm³/mol. The minimum absolute atomic E-state index is 0.0186. The molecule has 1 atom stereocenters. The Morgan fingerprint density at radius 2 is 1.95 bits per heavy atom. The van der Waals surface area contributed by atoms with E-state index in [2.05, 4.69) is 19.2 Å². The quantitative estimate of drug-likeness (QED) is 0.694. The van der Waals surface area contributed by atoms with E-state index in [9.17, 15) is 9.90 Å². The molecule has 0 aromatic heterocycles. The molecule has 4 heteroatoms. The van der Waals surface area contributed by atoms with Gasteiger partial charge >= 0.3 is 0 Å². The van der Waals surface area contributed by atoms with Crippen LogP contribution < -0.4 is 11.1 Å². The summed E-state index contributed by atoms with van der Waals surface area (Å²) in [6.45, 7) is 4.44. The molecule has 4 nitrogen and oxygen atoms in total. The van der Waals surface area contributed by atoms with E-state index in [0.29, 0.717) is 24.6 Å². The number of amides is 1. The topological polar surface area (TPSA) is 75.3 Å². The van der Waals surface area contributed by atoms with Crippen molar-refractivity contribution in [2.24, 2.45) is 5.92 Å². The summed E-state index contributed by atoms with van der Waals surface area (Å²) < 4.78 is 0. The van der Waals surface area contributed by atoms with Gasteiger partial charge in [-0.15, -0.1) is 0 Å². The van der Waals surface area contributed by atoms with Crippen LogP contribution in [0.3, 0.4) is 0 Å². The van der Waals surface area contributed by atoms with Gasteiger partial charge in [-0.3, -0.25) is 4.79 Å². The summed E-state index contributed by atoms with van der Waals surface area (Å²) in [6, 6.07) is 7.51. The molecule has 4 N–H and O–H groups in total. The molecule has 1 aliphatic carbocycles. The summed E-state index contributed by atoms with van der Waals surface area (Å²) in [6.07, 6.45) is 1.96. The SMILES string of the molecule is CC(C)CC(O)CNC(=O)C1(c2ccc(N)cc2)CC1. The van der Waals surface area contributed by atoms with Crippen LogP contribution in [0.1, 0.15) is 38.7 Å². The zero-order valence-corrected chi connectivity index (χ0v) is 12.2. The van der Waals surface area contributed by atoms with Gasteiger partial charge in [-0.25, -0.2) is 0 Å².